The molecule has 0 aliphatic heterocycles. The van der Waals surface area contributed by atoms with Crippen LogP contribution in [0.25, 0.3) is 5.57 Å². The van der Waals surface area contributed by atoms with E-state index in [1.807, 2.05) is 12.1 Å². The summed E-state index contributed by atoms with van der Waals surface area (Å²) in [5, 5.41) is 11.2. The molecular formula is C28H18Cl4O3. The van der Waals surface area contributed by atoms with Crippen LogP contribution in [0.1, 0.15) is 27.0 Å². The number of rotatable bonds is 5. The summed E-state index contributed by atoms with van der Waals surface area (Å²) < 4.78 is 0. The third kappa shape index (κ3) is 7.98. The van der Waals surface area contributed by atoms with E-state index >= 15 is 0 Å². The van der Waals surface area contributed by atoms with Crippen molar-refractivity contribution in [1.82, 2.24) is 0 Å². The van der Waals surface area contributed by atoms with Gasteiger partial charge >= 0.3 is 5.97 Å². The largest absolute Gasteiger partial charge is 0.478 e. The topological polar surface area (TPSA) is 54.4 Å². The maximum Gasteiger partial charge on any atom is 0.328 e. The highest BCUT2D eigenvalue weighted by Crippen LogP contribution is 2.27. The number of halogens is 4. The molecule has 3 nitrogen and oxygen atoms in total. The molecule has 7 heteroatoms. The van der Waals surface area contributed by atoms with Gasteiger partial charge < -0.3 is 5.11 Å². The van der Waals surface area contributed by atoms with E-state index in [1.54, 1.807) is 84.9 Å². The number of carboxylic acids is 1. The molecule has 0 unspecified atom stereocenters. The minimum absolute atomic E-state index is 0.0787. The minimum Gasteiger partial charge on any atom is -0.478 e. The van der Waals surface area contributed by atoms with E-state index in [4.69, 9.17) is 51.5 Å². The normalized spacial score (nSPS) is 10.1. The van der Waals surface area contributed by atoms with Gasteiger partial charge in [-0.25, -0.2) is 4.79 Å². The highest BCUT2D eigenvalue weighted by molar-refractivity contribution is 6.32. The van der Waals surface area contributed by atoms with Crippen LogP contribution in [0, 0.1) is 0 Å². The molecule has 4 aromatic carbocycles. The molecule has 1 N–H and O–H groups in total. The van der Waals surface area contributed by atoms with Gasteiger partial charge in [0.25, 0.3) is 0 Å². The summed E-state index contributed by atoms with van der Waals surface area (Å²) in [6.45, 7) is 0. The van der Waals surface area contributed by atoms with Gasteiger partial charge in [0, 0.05) is 37.3 Å². The number of hydrogen-bond donors (Lipinski definition) is 1. The van der Waals surface area contributed by atoms with Crippen molar-refractivity contribution in [1.29, 1.82) is 0 Å². The van der Waals surface area contributed by atoms with Crippen molar-refractivity contribution < 1.29 is 14.7 Å². The molecule has 0 saturated carbocycles. The Labute approximate surface area is 223 Å². The number of carbonyl (C=O) groups is 2. The molecule has 0 radical (unpaired) electrons. The van der Waals surface area contributed by atoms with Gasteiger partial charge in [0.1, 0.15) is 0 Å². The summed E-state index contributed by atoms with van der Waals surface area (Å²) in [6.07, 6.45) is 1.15. The predicted molar refractivity (Wildman–Crippen MR) is 144 cm³/mol. The second-order valence-electron chi connectivity index (χ2n) is 7.27. The fourth-order valence-electron chi connectivity index (χ4n) is 3.19. The first-order valence-electron chi connectivity index (χ1n) is 10.3. The van der Waals surface area contributed by atoms with Gasteiger partial charge in [-0.05, 0) is 65.2 Å². The Morgan fingerprint density at radius 3 is 1.17 bits per heavy atom. The molecule has 176 valence electrons. The smallest absolute Gasteiger partial charge is 0.328 e. The highest BCUT2D eigenvalue weighted by atomic mass is 35.5. The van der Waals surface area contributed by atoms with Gasteiger partial charge in [0.2, 0.25) is 0 Å². The number of carbonyl (C=O) groups excluding carboxylic acids is 1. The first kappa shape index (κ1) is 26.5. The fraction of sp³-hybridized carbons (Fsp3) is 0. The summed E-state index contributed by atoms with van der Waals surface area (Å²) in [6, 6.07) is 27.8. The Bertz CT molecular complexity index is 1300. The molecule has 0 aromatic heterocycles. The summed E-state index contributed by atoms with van der Waals surface area (Å²) in [5.41, 5.74) is 3.16. The maximum absolute atomic E-state index is 12.0. The lowest BCUT2D eigenvalue weighted by molar-refractivity contribution is -0.131. The van der Waals surface area contributed by atoms with Crippen molar-refractivity contribution in [3.63, 3.8) is 0 Å². The van der Waals surface area contributed by atoms with Crippen LogP contribution in [0.15, 0.2) is 103 Å². The van der Waals surface area contributed by atoms with Gasteiger partial charge in [-0.1, -0.05) is 94.9 Å². The van der Waals surface area contributed by atoms with Crippen LogP contribution in [0.3, 0.4) is 0 Å². The highest BCUT2D eigenvalue weighted by Gasteiger charge is 2.10. The van der Waals surface area contributed by atoms with Crippen LogP contribution in [-0.2, 0) is 4.79 Å². The summed E-state index contributed by atoms with van der Waals surface area (Å²) in [5.74, 6) is -1.10. The molecule has 35 heavy (non-hydrogen) atoms. The van der Waals surface area contributed by atoms with E-state index in [1.165, 1.54) is 0 Å². The molecule has 0 aliphatic carbocycles. The minimum atomic E-state index is -1.02. The van der Waals surface area contributed by atoms with Crippen molar-refractivity contribution >= 4 is 63.7 Å². The lowest BCUT2D eigenvalue weighted by atomic mass is 9.97. The van der Waals surface area contributed by atoms with Crippen LogP contribution in [-0.4, -0.2) is 16.9 Å². The van der Waals surface area contributed by atoms with Crippen LogP contribution < -0.4 is 0 Å². The maximum atomic E-state index is 12.0. The molecule has 0 bridgehead atoms. The molecule has 4 aromatic rings. The van der Waals surface area contributed by atoms with E-state index in [0.29, 0.717) is 36.8 Å². The molecule has 4 rings (SSSR count). The lowest BCUT2D eigenvalue weighted by Crippen LogP contribution is -2.00. The predicted octanol–water partition coefficient (Wildman–Crippen LogP) is 8.73. The Balaban J connectivity index is 0.000000198. The standard InChI is InChI=1S/C15H10Cl2O2.C13H8Cl2O/c16-12-5-1-3-10(7-12)14(9-15(18)19)11-4-2-6-13(17)8-11;14-11-5-1-3-9(7-11)13(16)10-4-2-6-12(15)8-10/h1-9H,(H,18,19);1-8H. The summed E-state index contributed by atoms with van der Waals surface area (Å²) in [4.78, 5) is 23.0. The van der Waals surface area contributed by atoms with E-state index in [-0.39, 0.29) is 5.78 Å². The van der Waals surface area contributed by atoms with Crippen molar-refractivity contribution in [2.75, 3.05) is 0 Å². The molecule has 0 fully saturated rings. The van der Waals surface area contributed by atoms with E-state index in [9.17, 15) is 9.59 Å². The number of aliphatic carboxylic acids is 1. The van der Waals surface area contributed by atoms with Gasteiger partial charge in [-0.15, -0.1) is 0 Å². The van der Waals surface area contributed by atoms with Crippen molar-refractivity contribution in [2.24, 2.45) is 0 Å². The molecule has 0 amide bonds. The van der Waals surface area contributed by atoms with Crippen LogP contribution in [0.5, 0.6) is 0 Å². The first-order valence-corrected chi connectivity index (χ1v) is 11.8. The summed E-state index contributed by atoms with van der Waals surface area (Å²) in [7, 11) is 0. The zero-order valence-corrected chi connectivity index (χ0v) is 21.1. The quantitative estimate of drug-likeness (QED) is 0.202. The third-order valence-corrected chi connectivity index (χ3v) is 5.65. The zero-order chi connectivity index (χ0) is 25.4. The van der Waals surface area contributed by atoms with Crippen molar-refractivity contribution in [3.8, 4) is 0 Å². The van der Waals surface area contributed by atoms with Gasteiger partial charge in [-0.3, -0.25) is 4.79 Å². The van der Waals surface area contributed by atoms with Crippen molar-refractivity contribution in [2.45, 2.75) is 0 Å². The number of benzene rings is 4. The van der Waals surface area contributed by atoms with Gasteiger partial charge in [-0.2, -0.15) is 0 Å². The van der Waals surface area contributed by atoms with Crippen LogP contribution >= 0.6 is 46.4 Å². The Morgan fingerprint density at radius 1 is 0.543 bits per heavy atom. The Morgan fingerprint density at radius 2 is 0.857 bits per heavy atom. The second-order valence-corrected chi connectivity index (χ2v) is 9.01. The fourth-order valence-corrected chi connectivity index (χ4v) is 3.96. The number of ketones is 1. The third-order valence-electron chi connectivity index (χ3n) is 4.71. The zero-order valence-electron chi connectivity index (χ0n) is 18.1. The molecule has 0 heterocycles. The van der Waals surface area contributed by atoms with Gasteiger partial charge in [0.15, 0.2) is 5.78 Å². The van der Waals surface area contributed by atoms with Crippen molar-refractivity contribution in [3.05, 3.63) is 145 Å². The molecular weight excluding hydrogens is 526 g/mol. The number of hydrogen-bond acceptors (Lipinski definition) is 2. The van der Waals surface area contributed by atoms with E-state index < -0.39 is 5.97 Å². The van der Waals surface area contributed by atoms with Crippen LogP contribution in [0.4, 0.5) is 0 Å². The van der Waals surface area contributed by atoms with Crippen LogP contribution in [0.2, 0.25) is 20.1 Å². The second kappa shape index (κ2) is 12.6. The van der Waals surface area contributed by atoms with Gasteiger partial charge in [0.05, 0.1) is 0 Å². The molecule has 0 spiro atoms. The Hall–Kier alpha value is -3.08. The Kier molecular flexibility index (Phi) is 9.53. The first-order chi connectivity index (χ1) is 16.7. The van der Waals surface area contributed by atoms with E-state index in [2.05, 4.69) is 0 Å². The average Bonchev–Trinajstić information content (AvgIpc) is 2.82. The summed E-state index contributed by atoms with van der Waals surface area (Å²) >= 11 is 23.5. The molecule has 0 saturated heterocycles. The molecule has 0 aliphatic rings. The van der Waals surface area contributed by atoms with E-state index in [0.717, 1.165) is 17.2 Å². The average molecular weight is 544 g/mol. The number of carboxylic acid groups (broad SMARTS) is 1. The SMILES string of the molecule is O=C(O)C=C(c1cccc(Cl)c1)c1cccc(Cl)c1.O=C(c1cccc(Cl)c1)c1cccc(Cl)c1. The monoisotopic (exact) mass is 542 g/mol. The lowest BCUT2D eigenvalue weighted by Gasteiger charge is -2.08. The molecule has 0 atom stereocenters.